The minimum absolute atomic E-state index is 0.0431. The summed E-state index contributed by atoms with van der Waals surface area (Å²) in [6.07, 6.45) is -4.46. The number of carbonyl (C=O) groups is 1. The Hall–Kier alpha value is -2.50. The molecule has 0 aliphatic carbocycles. The second-order valence-electron chi connectivity index (χ2n) is 5.96. The molecule has 0 fully saturated rings. The Morgan fingerprint density at radius 1 is 1.04 bits per heavy atom. The minimum atomic E-state index is -4.46. The molecular weight excluding hydrogens is 329 g/mol. The summed E-state index contributed by atoms with van der Waals surface area (Å²) >= 11 is 0. The highest BCUT2D eigenvalue weighted by Crippen LogP contribution is 2.29. The van der Waals surface area contributed by atoms with Crippen molar-refractivity contribution >= 4 is 11.6 Å². The fraction of sp³-hybridized carbons (Fsp3) is 0.316. The van der Waals surface area contributed by atoms with Crippen molar-refractivity contribution in [1.29, 1.82) is 0 Å². The molecule has 2 rings (SSSR count). The van der Waals surface area contributed by atoms with Crippen LogP contribution in [0.25, 0.3) is 0 Å². The maximum Gasteiger partial charge on any atom is 0.416 e. The largest absolute Gasteiger partial charge is 0.416 e. The number of halogens is 3. The van der Waals surface area contributed by atoms with Crippen molar-refractivity contribution < 1.29 is 18.0 Å². The third-order valence-electron chi connectivity index (χ3n) is 3.93. The van der Waals surface area contributed by atoms with Gasteiger partial charge in [-0.25, -0.2) is 0 Å². The predicted octanol–water partition coefficient (Wildman–Crippen LogP) is 4.43. The molecule has 0 N–H and O–H groups in total. The summed E-state index contributed by atoms with van der Waals surface area (Å²) in [7, 11) is 3.87. The monoisotopic (exact) mass is 350 g/mol. The van der Waals surface area contributed by atoms with Crippen LogP contribution in [0.1, 0.15) is 28.4 Å². The number of alkyl halides is 3. The second kappa shape index (κ2) is 7.59. The van der Waals surface area contributed by atoms with Crippen molar-refractivity contribution in [3.63, 3.8) is 0 Å². The Kier molecular flexibility index (Phi) is 5.72. The van der Waals surface area contributed by atoms with E-state index in [-0.39, 0.29) is 5.56 Å². The topological polar surface area (TPSA) is 23.6 Å². The van der Waals surface area contributed by atoms with Gasteiger partial charge < -0.3 is 9.80 Å². The quantitative estimate of drug-likeness (QED) is 0.796. The van der Waals surface area contributed by atoms with Gasteiger partial charge in [0.25, 0.3) is 5.91 Å². The van der Waals surface area contributed by atoms with E-state index in [0.29, 0.717) is 13.1 Å². The van der Waals surface area contributed by atoms with Crippen LogP contribution in [0.3, 0.4) is 0 Å². The van der Waals surface area contributed by atoms with E-state index in [1.54, 1.807) is 6.92 Å². The molecule has 2 aromatic rings. The van der Waals surface area contributed by atoms with Crippen LogP contribution in [-0.4, -0.2) is 31.4 Å². The van der Waals surface area contributed by atoms with Crippen LogP contribution in [-0.2, 0) is 12.7 Å². The lowest BCUT2D eigenvalue weighted by atomic mass is 10.1. The fourth-order valence-electron chi connectivity index (χ4n) is 2.46. The number of rotatable bonds is 5. The molecule has 0 aliphatic heterocycles. The molecule has 3 nitrogen and oxygen atoms in total. The van der Waals surface area contributed by atoms with Crippen LogP contribution in [0, 0.1) is 0 Å². The average molecular weight is 350 g/mol. The Bertz CT molecular complexity index is 724. The lowest BCUT2D eigenvalue weighted by Crippen LogP contribution is -2.30. The zero-order chi connectivity index (χ0) is 18.6. The summed E-state index contributed by atoms with van der Waals surface area (Å²) in [4.78, 5) is 16.1. The molecule has 0 radical (unpaired) electrons. The van der Waals surface area contributed by atoms with Gasteiger partial charge in [-0.2, -0.15) is 13.2 Å². The normalized spacial score (nSPS) is 11.3. The van der Waals surface area contributed by atoms with Crippen LogP contribution in [0.4, 0.5) is 18.9 Å². The molecule has 0 saturated carbocycles. The smallest absolute Gasteiger partial charge is 0.378 e. The lowest BCUT2D eigenvalue weighted by molar-refractivity contribution is -0.137. The first-order valence-electron chi connectivity index (χ1n) is 7.95. The standard InChI is InChI=1S/C19H21F3N2O/c1-4-24(13-14-8-10-17(11-9-14)23(2)3)18(25)15-6-5-7-16(12-15)19(20,21)22/h5-12H,4,13H2,1-3H3. The molecule has 0 unspecified atom stereocenters. The molecular formula is C19H21F3N2O. The number of hydrogen-bond donors (Lipinski definition) is 0. The molecule has 0 bridgehead atoms. The van der Waals surface area contributed by atoms with Crippen LogP contribution >= 0.6 is 0 Å². The van der Waals surface area contributed by atoms with Gasteiger partial charge >= 0.3 is 6.18 Å². The molecule has 0 spiro atoms. The molecule has 0 aromatic heterocycles. The number of nitrogens with zero attached hydrogens (tertiary/aromatic N) is 2. The van der Waals surface area contributed by atoms with Gasteiger partial charge in [-0.1, -0.05) is 18.2 Å². The average Bonchev–Trinajstić information content (AvgIpc) is 2.59. The van der Waals surface area contributed by atoms with Crippen molar-refractivity contribution in [2.24, 2.45) is 0 Å². The van der Waals surface area contributed by atoms with Crippen molar-refractivity contribution in [3.8, 4) is 0 Å². The van der Waals surface area contributed by atoms with E-state index in [0.717, 1.165) is 23.4 Å². The maximum absolute atomic E-state index is 12.8. The van der Waals surface area contributed by atoms with E-state index in [1.807, 2.05) is 43.3 Å². The van der Waals surface area contributed by atoms with E-state index in [2.05, 4.69) is 0 Å². The molecule has 25 heavy (non-hydrogen) atoms. The van der Waals surface area contributed by atoms with Crippen LogP contribution in [0.2, 0.25) is 0 Å². The van der Waals surface area contributed by atoms with Crippen LogP contribution < -0.4 is 4.90 Å². The lowest BCUT2D eigenvalue weighted by Gasteiger charge is -2.22. The van der Waals surface area contributed by atoms with E-state index in [9.17, 15) is 18.0 Å². The summed E-state index contributed by atoms with van der Waals surface area (Å²) in [6, 6.07) is 12.3. The molecule has 2 aromatic carbocycles. The highest BCUT2D eigenvalue weighted by molar-refractivity contribution is 5.94. The number of benzene rings is 2. The van der Waals surface area contributed by atoms with E-state index >= 15 is 0 Å². The van der Waals surface area contributed by atoms with Crippen molar-refractivity contribution in [1.82, 2.24) is 4.90 Å². The van der Waals surface area contributed by atoms with Gasteiger partial charge in [-0.05, 0) is 42.8 Å². The summed E-state index contributed by atoms with van der Waals surface area (Å²) in [5, 5.41) is 0. The summed E-state index contributed by atoms with van der Waals surface area (Å²) < 4.78 is 38.5. The second-order valence-corrected chi connectivity index (χ2v) is 5.96. The molecule has 134 valence electrons. The van der Waals surface area contributed by atoms with Gasteiger partial charge in [-0.3, -0.25) is 4.79 Å². The number of carbonyl (C=O) groups excluding carboxylic acids is 1. The fourth-order valence-corrected chi connectivity index (χ4v) is 2.46. The number of anilines is 1. The van der Waals surface area contributed by atoms with E-state index in [4.69, 9.17) is 0 Å². The number of amides is 1. The minimum Gasteiger partial charge on any atom is -0.378 e. The van der Waals surface area contributed by atoms with Gasteiger partial charge in [0, 0.05) is 38.4 Å². The zero-order valence-corrected chi connectivity index (χ0v) is 14.5. The summed E-state index contributed by atoms with van der Waals surface area (Å²) in [6.45, 7) is 2.56. The molecule has 0 heterocycles. The third kappa shape index (κ3) is 4.75. The molecule has 0 atom stereocenters. The summed E-state index contributed by atoms with van der Waals surface area (Å²) in [5.41, 5.74) is 1.19. The molecule has 6 heteroatoms. The van der Waals surface area contributed by atoms with Gasteiger partial charge in [0.2, 0.25) is 0 Å². The predicted molar refractivity (Wildman–Crippen MR) is 92.6 cm³/mol. The summed E-state index contributed by atoms with van der Waals surface area (Å²) in [5.74, 6) is -0.412. The zero-order valence-electron chi connectivity index (χ0n) is 14.5. The van der Waals surface area contributed by atoms with Crippen LogP contribution in [0.5, 0.6) is 0 Å². The SMILES string of the molecule is CCN(Cc1ccc(N(C)C)cc1)C(=O)c1cccc(C(F)(F)F)c1. The van der Waals surface area contributed by atoms with Gasteiger partial charge in [-0.15, -0.1) is 0 Å². The maximum atomic E-state index is 12.8. The highest BCUT2D eigenvalue weighted by atomic mass is 19.4. The first-order valence-corrected chi connectivity index (χ1v) is 7.95. The van der Waals surface area contributed by atoms with E-state index in [1.165, 1.54) is 17.0 Å². The molecule has 0 aliphatic rings. The molecule has 1 amide bonds. The Balaban J connectivity index is 2.18. The van der Waals surface area contributed by atoms with Gasteiger partial charge in [0.05, 0.1) is 5.56 Å². The van der Waals surface area contributed by atoms with Crippen molar-refractivity contribution in [2.45, 2.75) is 19.6 Å². The molecule has 0 saturated heterocycles. The van der Waals surface area contributed by atoms with Crippen molar-refractivity contribution in [3.05, 3.63) is 65.2 Å². The first-order chi connectivity index (χ1) is 11.7. The first kappa shape index (κ1) is 18.8. The Labute approximate surface area is 145 Å². The third-order valence-corrected chi connectivity index (χ3v) is 3.93. The Morgan fingerprint density at radius 2 is 1.68 bits per heavy atom. The van der Waals surface area contributed by atoms with E-state index < -0.39 is 17.6 Å². The number of hydrogen-bond acceptors (Lipinski definition) is 2. The van der Waals surface area contributed by atoms with Crippen LogP contribution in [0.15, 0.2) is 48.5 Å². The Morgan fingerprint density at radius 3 is 2.20 bits per heavy atom. The highest BCUT2D eigenvalue weighted by Gasteiger charge is 2.31. The van der Waals surface area contributed by atoms with Gasteiger partial charge in [0.15, 0.2) is 0 Å². The van der Waals surface area contributed by atoms with Crippen molar-refractivity contribution in [2.75, 3.05) is 25.5 Å². The van der Waals surface area contributed by atoms with Gasteiger partial charge in [0.1, 0.15) is 0 Å².